The van der Waals surface area contributed by atoms with Gasteiger partial charge in [0.2, 0.25) is 5.96 Å². The van der Waals surface area contributed by atoms with Gasteiger partial charge >= 0.3 is 5.97 Å². The van der Waals surface area contributed by atoms with Crippen molar-refractivity contribution in [3.05, 3.63) is 47.0 Å². The summed E-state index contributed by atoms with van der Waals surface area (Å²) in [5.41, 5.74) is 11.0. The van der Waals surface area contributed by atoms with Gasteiger partial charge < -0.3 is 26.5 Å². The average molecular weight is 475 g/mol. The van der Waals surface area contributed by atoms with Crippen molar-refractivity contribution >= 4 is 47.2 Å². The van der Waals surface area contributed by atoms with Gasteiger partial charge in [-0.1, -0.05) is 30.0 Å². The highest BCUT2D eigenvalue weighted by atomic mass is 32.2. The third-order valence-electron chi connectivity index (χ3n) is 4.00. The number of hydrogen-bond acceptors (Lipinski definition) is 7. The van der Waals surface area contributed by atoms with Crippen LogP contribution in [-0.4, -0.2) is 53.0 Å². The van der Waals surface area contributed by atoms with E-state index in [9.17, 15) is 19.2 Å². The summed E-state index contributed by atoms with van der Waals surface area (Å²) in [5.74, 6) is -2.94. The van der Waals surface area contributed by atoms with Crippen molar-refractivity contribution in [2.24, 2.45) is 16.5 Å². The van der Waals surface area contributed by atoms with Crippen LogP contribution in [0.5, 0.6) is 0 Å². The highest BCUT2D eigenvalue weighted by molar-refractivity contribution is 8.00. The molecule has 0 aliphatic carbocycles. The number of rotatable bonds is 9. The highest BCUT2D eigenvalue weighted by Crippen LogP contribution is 2.30. The number of esters is 1. The zero-order chi connectivity index (χ0) is 24.5. The minimum Gasteiger partial charge on any atom is -0.465 e. The number of H-pyrrole nitrogens is 1. The topological polar surface area (TPSA) is 182 Å². The molecule has 0 aliphatic rings. The molecule has 1 heterocycles. The summed E-state index contributed by atoms with van der Waals surface area (Å²) in [7, 11) is 0. The van der Waals surface area contributed by atoms with Gasteiger partial charge in [-0.05, 0) is 32.9 Å². The molecule has 1 aromatic carbocycles. The Morgan fingerprint density at radius 3 is 2.27 bits per heavy atom. The third-order valence-corrected chi connectivity index (χ3v) is 4.97. The third kappa shape index (κ3) is 7.10. The Morgan fingerprint density at radius 1 is 1.09 bits per heavy atom. The number of aromatic nitrogens is 1. The summed E-state index contributed by atoms with van der Waals surface area (Å²) in [6, 6.07) is 8.22. The molecule has 12 heteroatoms. The van der Waals surface area contributed by atoms with E-state index in [0.717, 1.165) is 11.8 Å². The standard InChI is InChI=1S/C21H26N6O5S/c1-4-32-13(28)10-33-20-15(17(23)30)14(16(22)29)18(25-20)26-21(24-11(2)3)27-19(31)12-8-6-5-7-9-12/h5-9,11,25H,4,10H2,1-3H3,(H2,22,29)(H2,23,30)(H2,24,26,27,31). The van der Waals surface area contributed by atoms with Crippen LogP contribution in [0.4, 0.5) is 5.82 Å². The number of thioether (sulfide) groups is 1. The van der Waals surface area contributed by atoms with Crippen LogP contribution in [-0.2, 0) is 9.53 Å². The molecule has 7 N–H and O–H groups in total. The second-order valence-electron chi connectivity index (χ2n) is 6.92. The van der Waals surface area contributed by atoms with E-state index in [1.165, 1.54) is 0 Å². The summed E-state index contributed by atoms with van der Waals surface area (Å²) in [4.78, 5) is 55.8. The molecule has 176 valence electrons. The maximum absolute atomic E-state index is 12.6. The number of aliphatic imine (C=N–C) groups is 1. The molecular weight excluding hydrogens is 448 g/mol. The summed E-state index contributed by atoms with van der Waals surface area (Å²) >= 11 is 0.922. The predicted octanol–water partition coefficient (Wildman–Crippen LogP) is 1.47. The van der Waals surface area contributed by atoms with E-state index < -0.39 is 23.7 Å². The minimum atomic E-state index is -0.941. The number of aromatic amines is 1. The van der Waals surface area contributed by atoms with Crippen LogP contribution in [0.3, 0.4) is 0 Å². The zero-order valence-corrected chi connectivity index (χ0v) is 19.2. The van der Waals surface area contributed by atoms with Crippen LogP contribution in [0.1, 0.15) is 51.8 Å². The van der Waals surface area contributed by atoms with E-state index in [-0.39, 0.29) is 46.3 Å². The van der Waals surface area contributed by atoms with Gasteiger partial charge in [0.15, 0.2) is 0 Å². The van der Waals surface area contributed by atoms with E-state index in [1.54, 1.807) is 51.1 Å². The van der Waals surface area contributed by atoms with Gasteiger partial charge in [-0.3, -0.25) is 24.5 Å². The Labute approximate surface area is 194 Å². The number of hydrogen-bond donors (Lipinski definition) is 5. The van der Waals surface area contributed by atoms with E-state index in [2.05, 4.69) is 20.6 Å². The Morgan fingerprint density at radius 2 is 1.73 bits per heavy atom. The number of amides is 3. The molecule has 0 unspecified atom stereocenters. The number of nitrogens with one attached hydrogen (secondary N) is 3. The van der Waals surface area contributed by atoms with Crippen molar-refractivity contribution in [2.45, 2.75) is 31.8 Å². The summed E-state index contributed by atoms with van der Waals surface area (Å²) in [6.07, 6.45) is 0. The largest absolute Gasteiger partial charge is 0.465 e. The molecule has 0 saturated heterocycles. The Balaban J connectivity index is 2.41. The number of nitrogens with two attached hydrogens (primary N) is 2. The van der Waals surface area contributed by atoms with Gasteiger partial charge in [0, 0.05) is 11.6 Å². The number of primary amides is 2. The molecule has 0 spiro atoms. The molecule has 11 nitrogen and oxygen atoms in total. The van der Waals surface area contributed by atoms with Gasteiger partial charge in [-0.15, -0.1) is 0 Å². The van der Waals surface area contributed by atoms with Gasteiger partial charge in [-0.25, -0.2) is 4.99 Å². The lowest BCUT2D eigenvalue weighted by atomic mass is 10.1. The van der Waals surface area contributed by atoms with E-state index in [1.807, 2.05) is 0 Å². The second-order valence-corrected chi connectivity index (χ2v) is 7.90. The monoisotopic (exact) mass is 474 g/mol. The normalized spacial score (nSPS) is 11.2. The number of ether oxygens (including phenoxy) is 1. The molecule has 0 radical (unpaired) electrons. The van der Waals surface area contributed by atoms with Crippen molar-refractivity contribution in [3.63, 3.8) is 0 Å². The molecule has 0 atom stereocenters. The van der Waals surface area contributed by atoms with Crippen molar-refractivity contribution in [3.8, 4) is 0 Å². The first-order chi connectivity index (χ1) is 15.6. The molecule has 2 rings (SSSR count). The fourth-order valence-corrected chi connectivity index (χ4v) is 3.60. The van der Waals surface area contributed by atoms with Crippen LogP contribution in [0.2, 0.25) is 0 Å². The summed E-state index contributed by atoms with van der Waals surface area (Å²) < 4.78 is 4.88. The molecule has 2 aromatic rings. The minimum absolute atomic E-state index is 0.00424. The SMILES string of the molecule is CCOC(=O)CSc1[nH]c(NC(=NC(C)C)NC(=O)c2ccccc2)c(C(N)=O)c1C(N)=O. The van der Waals surface area contributed by atoms with Crippen molar-refractivity contribution in [1.82, 2.24) is 10.3 Å². The lowest BCUT2D eigenvalue weighted by Gasteiger charge is -2.13. The highest BCUT2D eigenvalue weighted by Gasteiger charge is 2.27. The number of carbonyl (C=O) groups is 4. The van der Waals surface area contributed by atoms with Gasteiger partial charge in [-0.2, -0.15) is 0 Å². The smallest absolute Gasteiger partial charge is 0.316 e. The first kappa shape index (κ1) is 25.5. The van der Waals surface area contributed by atoms with Crippen molar-refractivity contribution in [2.75, 3.05) is 17.7 Å². The summed E-state index contributed by atoms with van der Waals surface area (Å²) in [6.45, 7) is 5.44. The summed E-state index contributed by atoms with van der Waals surface area (Å²) in [5, 5.41) is 5.59. The Hall–Kier alpha value is -3.80. The van der Waals surface area contributed by atoms with Crippen LogP contribution in [0.15, 0.2) is 40.4 Å². The van der Waals surface area contributed by atoms with Crippen molar-refractivity contribution < 1.29 is 23.9 Å². The fraction of sp³-hybridized carbons (Fsp3) is 0.286. The second kappa shape index (κ2) is 11.7. The van der Waals surface area contributed by atoms with Gasteiger partial charge in [0.1, 0.15) is 5.82 Å². The Bertz CT molecular complexity index is 1060. The number of benzene rings is 1. The maximum atomic E-state index is 12.6. The zero-order valence-electron chi connectivity index (χ0n) is 18.4. The number of carbonyl (C=O) groups excluding carboxylic acids is 4. The van der Waals surface area contributed by atoms with Gasteiger partial charge in [0.25, 0.3) is 17.7 Å². The molecule has 0 fully saturated rings. The molecule has 0 aliphatic heterocycles. The van der Waals surface area contributed by atoms with Crippen LogP contribution >= 0.6 is 11.8 Å². The molecule has 0 saturated carbocycles. The lowest BCUT2D eigenvalue weighted by molar-refractivity contribution is -0.139. The van der Waals surface area contributed by atoms with E-state index in [4.69, 9.17) is 16.2 Å². The molecule has 33 heavy (non-hydrogen) atoms. The van der Waals surface area contributed by atoms with Crippen molar-refractivity contribution in [1.29, 1.82) is 0 Å². The average Bonchev–Trinajstić information content (AvgIpc) is 3.11. The number of anilines is 1. The van der Waals surface area contributed by atoms with E-state index in [0.29, 0.717) is 5.56 Å². The molecule has 3 amide bonds. The molecular formula is C21H26N6O5S. The predicted molar refractivity (Wildman–Crippen MR) is 125 cm³/mol. The van der Waals surface area contributed by atoms with Crippen LogP contribution in [0.25, 0.3) is 0 Å². The first-order valence-corrected chi connectivity index (χ1v) is 11.0. The van der Waals surface area contributed by atoms with Crippen LogP contribution < -0.4 is 22.1 Å². The van der Waals surface area contributed by atoms with E-state index >= 15 is 0 Å². The molecule has 0 bridgehead atoms. The molecule has 1 aromatic heterocycles. The van der Waals surface area contributed by atoms with Gasteiger partial charge in [0.05, 0.1) is 28.5 Å². The fourth-order valence-electron chi connectivity index (χ4n) is 2.74. The number of nitrogens with zero attached hydrogens (tertiary/aromatic N) is 1. The van der Waals surface area contributed by atoms with Crippen LogP contribution in [0, 0.1) is 0 Å². The maximum Gasteiger partial charge on any atom is 0.316 e. The Kier molecular flexibility index (Phi) is 9.04. The first-order valence-electron chi connectivity index (χ1n) is 9.99. The quantitative estimate of drug-likeness (QED) is 0.158. The lowest BCUT2D eigenvalue weighted by Crippen LogP contribution is -2.37. The number of guanidine groups is 1.